The Morgan fingerprint density at radius 3 is 2.55 bits per heavy atom. The van der Waals surface area contributed by atoms with Crippen LogP contribution in [0.25, 0.3) is 6.08 Å². The van der Waals surface area contributed by atoms with Gasteiger partial charge in [-0.1, -0.05) is 31.7 Å². The second kappa shape index (κ2) is 6.16. The van der Waals surface area contributed by atoms with Crippen LogP contribution in [0.5, 0.6) is 5.75 Å². The minimum Gasteiger partial charge on any atom is -0.506 e. The summed E-state index contributed by atoms with van der Waals surface area (Å²) in [5.41, 5.74) is 5.20. The molecule has 1 spiro atoms. The van der Waals surface area contributed by atoms with E-state index in [2.05, 4.69) is 55.8 Å². The van der Waals surface area contributed by atoms with E-state index < -0.39 is 9.79 Å². The third-order valence-corrected chi connectivity index (χ3v) is 8.20. The Labute approximate surface area is 175 Å². The molecule has 0 fully saturated rings. The Balaban J connectivity index is 1.90. The predicted molar refractivity (Wildman–Crippen MR) is 119 cm³/mol. The zero-order valence-corrected chi connectivity index (χ0v) is 18.3. The van der Waals surface area contributed by atoms with Crippen LogP contribution in [0.4, 0.5) is 17.1 Å². The van der Waals surface area contributed by atoms with Crippen molar-refractivity contribution >= 4 is 34.9 Å². The molecular weight excluding hydrogens is 386 g/mol. The third kappa shape index (κ3) is 2.50. The van der Waals surface area contributed by atoms with Gasteiger partial charge >= 0.3 is 0 Å². The van der Waals surface area contributed by atoms with E-state index in [9.17, 15) is 15.2 Å². The highest BCUT2D eigenvalue weighted by atomic mass is 32.2. The molecule has 1 atom stereocenters. The van der Waals surface area contributed by atoms with Crippen molar-refractivity contribution in [2.75, 3.05) is 30.9 Å². The largest absolute Gasteiger partial charge is 0.506 e. The van der Waals surface area contributed by atoms with Gasteiger partial charge in [0.25, 0.3) is 5.69 Å². The van der Waals surface area contributed by atoms with Gasteiger partial charge in [-0.3, -0.25) is 10.1 Å². The minimum atomic E-state index is -0.476. The lowest BCUT2D eigenvalue weighted by atomic mass is 9.77. The van der Waals surface area contributed by atoms with Gasteiger partial charge in [-0.05, 0) is 41.8 Å². The van der Waals surface area contributed by atoms with Crippen molar-refractivity contribution < 1.29 is 10.0 Å². The van der Waals surface area contributed by atoms with Crippen LogP contribution in [0.1, 0.15) is 30.5 Å². The van der Waals surface area contributed by atoms with Crippen LogP contribution in [-0.2, 0) is 5.41 Å². The molecule has 6 nitrogen and oxygen atoms in total. The van der Waals surface area contributed by atoms with Gasteiger partial charge in [-0.2, -0.15) is 0 Å². The highest BCUT2D eigenvalue weighted by Crippen LogP contribution is 2.63. The summed E-state index contributed by atoms with van der Waals surface area (Å²) in [6, 6.07) is 7.07. The molecule has 7 heteroatoms. The number of aromatic hydroxyl groups is 1. The molecule has 29 heavy (non-hydrogen) atoms. The number of anilines is 2. The highest BCUT2D eigenvalue weighted by Gasteiger charge is 2.57. The first-order chi connectivity index (χ1) is 13.5. The van der Waals surface area contributed by atoms with Gasteiger partial charge < -0.3 is 14.9 Å². The van der Waals surface area contributed by atoms with Crippen molar-refractivity contribution in [2.24, 2.45) is 0 Å². The molecule has 0 radical (unpaired) electrons. The second-order valence-corrected chi connectivity index (χ2v) is 9.69. The first-order valence-corrected chi connectivity index (χ1v) is 10.3. The quantitative estimate of drug-likeness (QED) is 0.559. The van der Waals surface area contributed by atoms with Crippen LogP contribution in [0, 0.1) is 17.0 Å². The van der Waals surface area contributed by atoms with Gasteiger partial charge in [-0.25, -0.2) is 0 Å². The monoisotopic (exact) mass is 411 g/mol. The number of nitrogens with zero attached hydrogens (tertiary/aromatic N) is 3. The lowest BCUT2D eigenvalue weighted by Gasteiger charge is -2.45. The number of rotatable bonds is 2. The van der Waals surface area contributed by atoms with E-state index in [1.54, 1.807) is 11.8 Å². The molecule has 0 aliphatic carbocycles. The normalized spacial score (nSPS) is 21.2. The Kier molecular flexibility index (Phi) is 4.17. The summed E-state index contributed by atoms with van der Waals surface area (Å²) in [4.78, 5) is 15.3. The number of likely N-dealkylation sites (N-methyl/N-ethyl adjacent to an activating group) is 1. The van der Waals surface area contributed by atoms with Crippen LogP contribution in [-0.4, -0.2) is 36.0 Å². The summed E-state index contributed by atoms with van der Waals surface area (Å²) in [5.74, 6) is -0.0474. The van der Waals surface area contributed by atoms with Crippen LogP contribution >= 0.6 is 11.8 Å². The summed E-state index contributed by atoms with van der Waals surface area (Å²) in [7, 11) is 6.17. The smallest absolute Gasteiger partial charge is 0.273 e. The molecule has 0 amide bonds. The lowest BCUT2D eigenvalue weighted by Crippen LogP contribution is -2.50. The van der Waals surface area contributed by atoms with Crippen molar-refractivity contribution in [3.8, 4) is 5.75 Å². The van der Waals surface area contributed by atoms with Gasteiger partial charge in [0.2, 0.25) is 0 Å². The Hall–Kier alpha value is -2.67. The zero-order valence-electron chi connectivity index (χ0n) is 17.5. The molecular formula is C22H25N3O3S. The maximum absolute atomic E-state index is 11.2. The van der Waals surface area contributed by atoms with Crippen LogP contribution in [0.3, 0.4) is 0 Å². The number of hydrogen-bond donors (Lipinski definition) is 1. The standard InChI is InChI=1S/C22H25N3O3S/c1-13-16(23(4)5)7-8-17-19(13)21(2,3)22(24(17)6)10-9-14-11-15(25(27)28)12-18(26)20(14)29-22/h7-12,26H,1-6H3. The van der Waals surface area contributed by atoms with E-state index >= 15 is 0 Å². The second-order valence-electron chi connectivity index (χ2n) is 8.45. The average molecular weight is 412 g/mol. The maximum Gasteiger partial charge on any atom is 0.273 e. The molecule has 0 saturated heterocycles. The lowest BCUT2D eigenvalue weighted by molar-refractivity contribution is -0.385. The molecule has 0 aromatic heterocycles. The van der Waals surface area contributed by atoms with Crippen LogP contribution < -0.4 is 9.80 Å². The molecule has 2 aromatic carbocycles. The number of thioether (sulfide) groups is 1. The van der Waals surface area contributed by atoms with E-state index in [0.29, 0.717) is 10.5 Å². The fourth-order valence-electron chi connectivity index (χ4n) is 4.89. The maximum atomic E-state index is 11.2. The van der Waals surface area contributed by atoms with Gasteiger partial charge in [-0.15, -0.1) is 0 Å². The first kappa shape index (κ1) is 19.6. The van der Waals surface area contributed by atoms with Gasteiger partial charge in [0, 0.05) is 44.0 Å². The predicted octanol–water partition coefficient (Wildman–Crippen LogP) is 4.92. The van der Waals surface area contributed by atoms with Crippen molar-refractivity contribution in [1.29, 1.82) is 0 Å². The third-order valence-electron chi connectivity index (χ3n) is 6.32. The number of phenolic OH excluding ortho intramolecular Hbond substituents is 1. The van der Waals surface area contributed by atoms with E-state index in [1.807, 2.05) is 20.2 Å². The van der Waals surface area contributed by atoms with Crippen molar-refractivity contribution in [3.05, 3.63) is 57.1 Å². The Morgan fingerprint density at radius 2 is 1.93 bits per heavy atom. The summed E-state index contributed by atoms with van der Waals surface area (Å²) >= 11 is 1.56. The zero-order chi connectivity index (χ0) is 21.3. The number of non-ortho nitro benzene ring substituents is 1. The van der Waals surface area contributed by atoms with E-state index in [1.165, 1.54) is 34.6 Å². The molecule has 0 saturated carbocycles. The number of hydrogen-bond acceptors (Lipinski definition) is 6. The molecule has 152 valence electrons. The fraction of sp³-hybridized carbons (Fsp3) is 0.364. The highest BCUT2D eigenvalue weighted by molar-refractivity contribution is 8.01. The van der Waals surface area contributed by atoms with Crippen molar-refractivity contribution in [3.63, 3.8) is 0 Å². The molecule has 4 rings (SSSR count). The van der Waals surface area contributed by atoms with Crippen molar-refractivity contribution in [2.45, 2.75) is 36.0 Å². The van der Waals surface area contributed by atoms with E-state index in [0.717, 1.165) is 0 Å². The number of fused-ring (bicyclic) bond motifs is 2. The van der Waals surface area contributed by atoms with E-state index in [-0.39, 0.29) is 16.9 Å². The average Bonchev–Trinajstić information content (AvgIpc) is 2.81. The Bertz CT molecular complexity index is 1080. The number of benzene rings is 2. The summed E-state index contributed by atoms with van der Waals surface area (Å²) in [6.45, 7) is 6.62. The molecule has 1 N–H and O–H groups in total. The van der Waals surface area contributed by atoms with Gasteiger partial charge in [0.05, 0.1) is 15.9 Å². The number of nitro groups is 1. The van der Waals surface area contributed by atoms with E-state index in [4.69, 9.17) is 0 Å². The molecule has 0 bridgehead atoms. The summed E-state index contributed by atoms with van der Waals surface area (Å²) in [6.07, 6.45) is 4.03. The van der Waals surface area contributed by atoms with Gasteiger partial charge in [0.1, 0.15) is 10.6 Å². The molecule has 1 unspecified atom stereocenters. The minimum absolute atomic E-state index is 0.0474. The van der Waals surface area contributed by atoms with Crippen molar-refractivity contribution in [1.82, 2.24) is 0 Å². The molecule has 2 aromatic rings. The number of nitro benzene ring substituents is 1. The summed E-state index contributed by atoms with van der Waals surface area (Å²) < 4.78 is 0. The molecule has 2 heterocycles. The molecule has 2 aliphatic rings. The van der Waals surface area contributed by atoms with Gasteiger partial charge in [0.15, 0.2) is 0 Å². The number of phenols is 1. The fourth-order valence-corrected chi connectivity index (χ4v) is 6.33. The Morgan fingerprint density at radius 1 is 1.24 bits per heavy atom. The SMILES string of the molecule is Cc1c(N(C)C)ccc2c1C(C)(C)C1(C=Cc3cc([N+](=O)[O-])cc(O)c3S1)N2C. The topological polar surface area (TPSA) is 69.8 Å². The van der Waals surface area contributed by atoms with Crippen LogP contribution in [0.15, 0.2) is 35.2 Å². The molecule has 2 aliphatic heterocycles. The summed E-state index contributed by atoms with van der Waals surface area (Å²) in [5, 5.41) is 21.8. The first-order valence-electron chi connectivity index (χ1n) is 9.46. The van der Waals surface area contributed by atoms with Crippen LogP contribution in [0.2, 0.25) is 0 Å².